The Morgan fingerprint density at radius 1 is 1.28 bits per heavy atom. The Hall–Kier alpha value is -1.38. The van der Waals surface area contributed by atoms with Crippen molar-refractivity contribution in [3.05, 3.63) is 35.6 Å². The van der Waals surface area contributed by atoms with E-state index in [-0.39, 0.29) is 23.7 Å². The van der Waals surface area contributed by atoms with Gasteiger partial charge in [-0.15, -0.1) is 0 Å². The fourth-order valence-corrected chi connectivity index (χ4v) is 3.16. The molecule has 0 heterocycles. The van der Waals surface area contributed by atoms with Gasteiger partial charge in [0, 0.05) is 11.5 Å². The summed E-state index contributed by atoms with van der Waals surface area (Å²) in [5.41, 5.74) is 0.564. The highest BCUT2D eigenvalue weighted by atomic mass is 19.1. The molecule has 3 atom stereocenters. The maximum absolute atomic E-state index is 13.6. The molecule has 2 fully saturated rings. The van der Waals surface area contributed by atoms with Crippen molar-refractivity contribution in [2.75, 3.05) is 0 Å². The quantitative estimate of drug-likeness (QED) is 0.874. The molecule has 0 bridgehead atoms. The van der Waals surface area contributed by atoms with Crippen LogP contribution in [0.2, 0.25) is 0 Å². The van der Waals surface area contributed by atoms with Gasteiger partial charge in [0.25, 0.3) is 0 Å². The minimum Gasteiger partial charge on any atom is -0.349 e. The van der Waals surface area contributed by atoms with Crippen LogP contribution in [0.1, 0.15) is 37.8 Å². The average Bonchev–Trinajstić information content (AvgIpc) is 2.96. The molecule has 1 amide bonds. The molecule has 96 valence electrons. The first-order valence-corrected chi connectivity index (χ1v) is 6.70. The Morgan fingerprint density at radius 3 is 2.61 bits per heavy atom. The van der Waals surface area contributed by atoms with Crippen LogP contribution < -0.4 is 5.32 Å². The van der Waals surface area contributed by atoms with E-state index in [4.69, 9.17) is 0 Å². The van der Waals surface area contributed by atoms with Gasteiger partial charge in [0.1, 0.15) is 5.82 Å². The number of hydrogen-bond acceptors (Lipinski definition) is 1. The monoisotopic (exact) mass is 247 g/mol. The topological polar surface area (TPSA) is 29.1 Å². The smallest absolute Gasteiger partial charge is 0.223 e. The van der Waals surface area contributed by atoms with Crippen molar-refractivity contribution in [2.45, 2.75) is 32.2 Å². The van der Waals surface area contributed by atoms with E-state index in [1.807, 2.05) is 6.92 Å². The van der Waals surface area contributed by atoms with Crippen LogP contribution in [0.15, 0.2) is 24.3 Å². The molecule has 2 aliphatic rings. The summed E-state index contributed by atoms with van der Waals surface area (Å²) in [7, 11) is 0. The van der Waals surface area contributed by atoms with Crippen molar-refractivity contribution in [3.63, 3.8) is 0 Å². The second-order valence-electron chi connectivity index (χ2n) is 5.68. The van der Waals surface area contributed by atoms with Crippen LogP contribution in [-0.2, 0) is 4.79 Å². The first-order valence-electron chi connectivity index (χ1n) is 6.70. The van der Waals surface area contributed by atoms with Crippen LogP contribution >= 0.6 is 0 Å². The number of nitrogens with one attached hydrogen (secondary N) is 1. The van der Waals surface area contributed by atoms with Crippen molar-refractivity contribution in [2.24, 2.45) is 17.8 Å². The summed E-state index contributed by atoms with van der Waals surface area (Å²) in [6, 6.07) is 6.37. The van der Waals surface area contributed by atoms with Crippen LogP contribution in [0.3, 0.4) is 0 Å². The van der Waals surface area contributed by atoms with E-state index in [1.165, 1.54) is 12.5 Å². The zero-order chi connectivity index (χ0) is 12.7. The predicted molar refractivity (Wildman–Crippen MR) is 67.3 cm³/mol. The van der Waals surface area contributed by atoms with E-state index < -0.39 is 0 Å². The lowest BCUT2D eigenvalue weighted by Crippen LogP contribution is -2.32. The molecule has 0 spiro atoms. The molecular formula is C15H18FNO. The van der Waals surface area contributed by atoms with E-state index >= 15 is 0 Å². The van der Waals surface area contributed by atoms with Crippen molar-refractivity contribution in [3.8, 4) is 0 Å². The van der Waals surface area contributed by atoms with Crippen molar-refractivity contribution in [1.82, 2.24) is 5.32 Å². The third kappa shape index (κ3) is 2.14. The van der Waals surface area contributed by atoms with E-state index in [9.17, 15) is 9.18 Å². The zero-order valence-electron chi connectivity index (χ0n) is 10.5. The minimum atomic E-state index is -0.254. The van der Waals surface area contributed by atoms with Gasteiger partial charge in [-0.1, -0.05) is 18.2 Å². The fourth-order valence-electron chi connectivity index (χ4n) is 3.16. The van der Waals surface area contributed by atoms with Gasteiger partial charge >= 0.3 is 0 Å². The maximum Gasteiger partial charge on any atom is 0.223 e. The Labute approximate surface area is 107 Å². The summed E-state index contributed by atoms with van der Waals surface area (Å²) in [6.07, 6.45) is 3.37. The number of carbonyl (C=O) groups excluding carboxylic acids is 1. The summed E-state index contributed by atoms with van der Waals surface area (Å²) in [6.45, 7) is 1.84. The molecule has 2 unspecified atom stereocenters. The van der Waals surface area contributed by atoms with Gasteiger partial charge in [-0.05, 0) is 44.1 Å². The molecule has 0 saturated heterocycles. The van der Waals surface area contributed by atoms with Crippen LogP contribution in [0.5, 0.6) is 0 Å². The zero-order valence-corrected chi connectivity index (χ0v) is 10.5. The molecule has 2 saturated carbocycles. The van der Waals surface area contributed by atoms with Crippen LogP contribution in [0, 0.1) is 23.6 Å². The predicted octanol–water partition coefficient (Wildman–Crippen LogP) is 3.05. The molecule has 2 aliphatic carbocycles. The van der Waals surface area contributed by atoms with Crippen LogP contribution in [-0.4, -0.2) is 5.91 Å². The standard InChI is InChI=1S/C15H18FNO/c1-9(13-4-2-3-5-14(13)16)17-15(18)12-7-10-6-11(10)8-12/h2-5,9-12H,6-8H2,1H3,(H,17,18)/t9-,10?,11?,12?/m1/s1. The van der Waals surface area contributed by atoms with Gasteiger partial charge < -0.3 is 5.32 Å². The summed E-state index contributed by atoms with van der Waals surface area (Å²) in [5.74, 6) is 1.59. The van der Waals surface area contributed by atoms with E-state index in [0.717, 1.165) is 24.7 Å². The van der Waals surface area contributed by atoms with Gasteiger partial charge in [-0.25, -0.2) is 4.39 Å². The second kappa shape index (κ2) is 4.38. The number of hydrogen-bond donors (Lipinski definition) is 1. The first-order chi connectivity index (χ1) is 8.65. The van der Waals surface area contributed by atoms with Gasteiger partial charge in [0.05, 0.1) is 6.04 Å². The highest BCUT2D eigenvalue weighted by Gasteiger charge is 2.48. The largest absolute Gasteiger partial charge is 0.349 e. The number of amides is 1. The van der Waals surface area contributed by atoms with Gasteiger partial charge in [0.15, 0.2) is 0 Å². The summed E-state index contributed by atoms with van der Waals surface area (Å²) < 4.78 is 13.6. The van der Waals surface area contributed by atoms with Gasteiger partial charge in [-0.2, -0.15) is 0 Å². The molecule has 0 aliphatic heterocycles. The highest BCUT2D eigenvalue weighted by molar-refractivity contribution is 5.79. The maximum atomic E-state index is 13.6. The normalized spacial score (nSPS) is 30.7. The number of carbonyl (C=O) groups is 1. The molecule has 1 aromatic carbocycles. The first kappa shape index (κ1) is 11.7. The lowest BCUT2D eigenvalue weighted by atomic mass is 10.0. The van der Waals surface area contributed by atoms with Crippen LogP contribution in [0.4, 0.5) is 4.39 Å². The van der Waals surface area contributed by atoms with E-state index in [0.29, 0.717) is 5.56 Å². The summed E-state index contributed by atoms with van der Waals surface area (Å²) >= 11 is 0. The molecule has 0 aromatic heterocycles. The third-order valence-electron chi connectivity index (χ3n) is 4.34. The number of halogens is 1. The lowest BCUT2D eigenvalue weighted by Gasteiger charge is -2.18. The molecule has 1 N–H and O–H groups in total. The molecule has 1 aromatic rings. The van der Waals surface area contributed by atoms with Crippen molar-refractivity contribution < 1.29 is 9.18 Å². The summed E-state index contributed by atoms with van der Waals surface area (Å²) in [4.78, 5) is 12.1. The van der Waals surface area contributed by atoms with E-state index in [1.54, 1.807) is 18.2 Å². The Morgan fingerprint density at radius 2 is 1.94 bits per heavy atom. The van der Waals surface area contributed by atoms with E-state index in [2.05, 4.69) is 5.32 Å². The van der Waals surface area contributed by atoms with Gasteiger partial charge in [-0.3, -0.25) is 4.79 Å². The molecule has 18 heavy (non-hydrogen) atoms. The van der Waals surface area contributed by atoms with Gasteiger partial charge in [0.2, 0.25) is 5.91 Å². The SMILES string of the molecule is C[C@@H](NC(=O)C1CC2CC2C1)c1ccccc1F. The highest BCUT2D eigenvalue weighted by Crippen LogP contribution is 2.54. The average molecular weight is 247 g/mol. The second-order valence-corrected chi connectivity index (χ2v) is 5.68. The fraction of sp³-hybridized carbons (Fsp3) is 0.533. The number of rotatable bonds is 3. The van der Waals surface area contributed by atoms with Crippen molar-refractivity contribution >= 4 is 5.91 Å². The third-order valence-corrected chi connectivity index (χ3v) is 4.34. The van der Waals surface area contributed by atoms with Crippen molar-refractivity contribution in [1.29, 1.82) is 0 Å². The lowest BCUT2D eigenvalue weighted by molar-refractivity contribution is -0.125. The molecule has 2 nitrogen and oxygen atoms in total. The number of fused-ring (bicyclic) bond motifs is 1. The molecule has 0 radical (unpaired) electrons. The number of benzene rings is 1. The summed E-state index contributed by atoms with van der Waals surface area (Å²) in [5, 5.41) is 2.94. The van der Waals surface area contributed by atoms with Crippen LogP contribution in [0.25, 0.3) is 0 Å². The minimum absolute atomic E-state index is 0.0953. The molecule has 3 rings (SSSR count). The Balaban J connectivity index is 1.62. The Kier molecular flexibility index (Phi) is 2.84. The Bertz CT molecular complexity index is 463. The molecule has 3 heteroatoms. The molecular weight excluding hydrogens is 229 g/mol.